The zero-order chi connectivity index (χ0) is 21.7. The lowest BCUT2D eigenvalue weighted by Gasteiger charge is -2.15. The number of rotatable bonds is 8. The van der Waals surface area contributed by atoms with Gasteiger partial charge in [-0.25, -0.2) is 8.42 Å². The van der Waals surface area contributed by atoms with Crippen LogP contribution in [0.25, 0.3) is 0 Å². The highest BCUT2D eigenvalue weighted by atomic mass is 35.5. The van der Waals surface area contributed by atoms with E-state index in [-0.39, 0.29) is 29.0 Å². The number of carbonyl (C=O) groups is 1. The number of hydrogen-bond acceptors (Lipinski definition) is 4. The predicted octanol–water partition coefficient (Wildman–Crippen LogP) is 4.54. The van der Waals surface area contributed by atoms with Crippen LogP contribution in [0, 0.1) is 0 Å². The van der Waals surface area contributed by atoms with Crippen LogP contribution in [-0.4, -0.2) is 26.0 Å². The minimum Gasteiger partial charge on any atom is -0.495 e. The Bertz CT molecular complexity index is 1110. The Labute approximate surface area is 180 Å². The van der Waals surface area contributed by atoms with Crippen molar-refractivity contribution in [3.05, 3.63) is 72.0 Å². The summed E-state index contributed by atoms with van der Waals surface area (Å²) in [5, 5.41) is 3.25. The van der Waals surface area contributed by atoms with Gasteiger partial charge in [-0.3, -0.25) is 9.52 Å². The largest absolute Gasteiger partial charge is 0.495 e. The van der Waals surface area contributed by atoms with Crippen LogP contribution >= 0.6 is 11.6 Å². The molecule has 0 radical (unpaired) electrons. The van der Waals surface area contributed by atoms with Crippen LogP contribution in [0.3, 0.4) is 0 Å². The van der Waals surface area contributed by atoms with E-state index in [1.807, 2.05) is 36.0 Å². The average Bonchev–Trinajstić information content (AvgIpc) is 3.24. The van der Waals surface area contributed by atoms with Crippen LogP contribution in [-0.2, 0) is 14.8 Å². The Morgan fingerprint density at radius 2 is 1.73 bits per heavy atom. The fourth-order valence-corrected chi connectivity index (χ4v) is 4.30. The number of amides is 1. The molecule has 3 rings (SSSR count). The topological polar surface area (TPSA) is 89.4 Å². The molecule has 0 aliphatic rings. The number of benzene rings is 2. The Kier molecular flexibility index (Phi) is 6.69. The molecule has 7 nitrogen and oxygen atoms in total. The summed E-state index contributed by atoms with van der Waals surface area (Å²) in [5.41, 5.74) is 0.716. The van der Waals surface area contributed by atoms with Gasteiger partial charge in [0.15, 0.2) is 0 Å². The lowest BCUT2D eigenvalue weighted by atomic mass is 10.2. The maximum Gasteiger partial charge on any atom is 0.265 e. The summed E-state index contributed by atoms with van der Waals surface area (Å²) in [6, 6.07) is 14.5. The van der Waals surface area contributed by atoms with Gasteiger partial charge in [-0.05, 0) is 61.5 Å². The van der Waals surface area contributed by atoms with Gasteiger partial charge in [0.2, 0.25) is 5.91 Å². The standard InChI is InChI=1S/C21H22ClN3O4S/c1-15(25-11-3-4-12-25)13-21(26)23-18-9-10-19(29-2)20(14-18)30(27,28)24-17-7-5-16(22)6-8-17/h3-12,14-15,24H,13H2,1-2H3,(H,23,26). The zero-order valence-electron chi connectivity index (χ0n) is 16.5. The SMILES string of the molecule is COc1ccc(NC(=O)CC(C)n2cccc2)cc1S(=O)(=O)Nc1ccc(Cl)cc1. The number of methoxy groups -OCH3 is 1. The van der Waals surface area contributed by atoms with Gasteiger partial charge in [-0.15, -0.1) is 0 Å². The molecule has 1 unspecified atom stereocenters. The van der Waals surface area contributed by atoms with Crippen molar-refractivity contribution >= 4 is 38.9 Å². The van der Waals surface area contributed by atoms with E-state index < -0.39 is 10.0 Å². The van der Waals surface area contributed by atoms with Crippen LogP contribution in [0.5, 0.6) is 5.75 Å². The molecule has 0 aliphatic heterocycles. The maximum atomic E-state index is 12.9. The van der Waals surface area contributed by atoms with Crippen molar-refractivity contribution < 1.29 is 17.9 Å². The summed E-state index contributed by atoms with van der Waals surface area (Å²) in [7, 11) is -2.58. The number of aromatic nitrogens is 1. The second kappa shape index (κ2) is 9.23. The molecule has 1 aromatic heterocycles. The van der Waals surface area contributed by atoms with E-state index in [0.717, 1.165) is 0 Å². The molecule has 158 valence electrons. The van der Waals surface area contributed by atoms with Crippen molar-refractivity contribution in [2.24, 2.45) is 0 Å². The van der Waals surface area contributed by atoms with Gasteiger partial charge in [-0.2, -0.15) is 0 Å². The Morgan fingerprint density at radius 1 is 1.10 bits per heavy atom. The Morgan fingerprint density at radius 3 is 2.37 bits per heavy atom. The zero-order valence-corrected chi connectivity index (χ0v) is 18.1. The molecule has 1 amide bonds. The average molecular weight is 448 g/mol. The van der Waals surface area contributed by atoms with Crippen molar-refractivity contribution in [3.8, 4) is 5.75 Å². The molecule has 0 spiro atoms. The number of ether oxygens (including phenoxy) is 1. The minimum atomic E-state index is -3.96. The molecule has 1 heterocycles. The molecule has 2 aromatic carbocycles. The number of nitrogens with zero attached hydrogens (tertiary/aromatic N) is 1. The van der Waals surface area contributed by atoms with Gasteiger partial charge >= 0.3 is 0 Å². The summed E-state index contributed by atoms with van der Waals surface area (Å²) in [6.07, 6.45) is 4.02. The first-order valence-corrected chi connectivity index (χ1v) is 11.0. The van der Waals surface area contributed by atoms with Crippen molar-refractivity contribution in [2.45, 2.75) is 24.3 Å². The number of sulfonamides is 1. The van der Waals surface area contributed by atoms with Crippen molar-refractivity contribution in [1.29, 1.82) is 0 Å². The van der Waals surface area contributed by atoms with E-state index in [0.29, 0.717) is 16.4 Å². The van der Waals surface area contributed by atoms with Gasteiger partial charge in [0, 0.05) is 41.3 Å². The molecule has 3 aromatic rings. The van der Waals surface area contributed by atoms with E-state index in [4.69, 9.17) is 16.3 Å². The van der Waals surface area contributed by atoms with E-state index in [2.05, 4.69) is 10.0 Å². The number of nitrogens with one attached hydrogen (secondary N) is 2. The number of anilines is 2. The molecule has 9 heteroatoms. The van der Waals surface area contributed by atoms with E-state index in [9.17, 15) is 13.2 Å². The highest BCUT2D eigenvalue weighted by Gasteiger charge is 2.21. The lowest BCUT2D eigenvalue weighted by molar-refractivity contribution is -0.116. The molecule has 2 N–H and O–H groups in total. The fraction of sp³-hybridized carbons (Fsp3) is 0.190. The second-order valence-corrected chi connectivity index (χ2v) is 8.80. The van der Waals surface area contributed by atoms with Crippen LogP contribution in [0.15, 0.2) is 71.9 Å². The Balaban J connectivity index is 1.78. The first-order valence-electron chi connectivity index (χ1n) is 9.17. The third-order valence-corrected chi connectivity index (χ3v) is 6.11. The highest BCUT2D eigenvalue weighted by Crippen LogP contribution is 2.29. The molecular formula is C21H22ClN3O4S. The highest BCUT2D eigenvalue weighted by molar-refractivity contribution is 7.92. The monoisotopic (exact) mass is 447 g/mol. The first-order chi connectivity index (χ1) is 14.3. The van der Waals surface area contributed by atoms with Crippen LogP contribution < -0.4 is 14.8 Å². The summed E-state index contributed by atoms with van der Waals surface area (Å²) in [4.78, 5) is 12.3. The molecule has 0 bridgehead atoms. The van der Waals surface area contributed by atoms with Gasteiger partial charge in [0.1, 0.15) is 10.6 Å². The third-order valence-electron chi connectivity index (χ3n) is 4.45. The fourth-order valence-electron chi connectivity index (χ4n) is 2.92. The summed E-state index contributed by atoms with van der Waals surface area (Å²) >= 11 is 5.85. The lowest BCUT2D eigenvalue weighted by Crippen LogP contribution is -2.18. The minimum absolute atomic E-state index is 0.0342. The number of halogens is 1. The summed E-state index contributed by atoms with van der Waals surface area (Å²) < 4.78 is 35.4. The molecule has 0 aliphatic carbocycles. The van der Waals surface area contributed by atoms with E-state index >= 15 is 0 Å². The van der Waals surface area contributed by atoms with Crippen molar-refractivity contribution in [3.63, 3.8) is 0 Å². The number of hydrogen-bond donors (Lipinski definition) is 2. The predicted molar refractivity (Wildman–Crippen MR) is 118 cm³/mol. The van der Waals surface area contributed by atoms with Gasteiger partial charge in [-0.1, -0.05) is 11.6 Å². The smallest absolute Gasteiger partial charge is 0.265 e. The molecule has 30 heavy (non-hydrogen) atoms. The molecule has 0 fully saturated rings. The number of carbonyl (C=O) groups excluding carboxylic acids is 1. The van der Waals surface area contributed by atoms with Crippen molar-refractivity contribution in [1.82, 2.24) is 4.57 Å². The molecular weight excluding hydrogens is 426 g/mol. The normalized spacial score (nSPS) is 12.2. The summed E-state index contributed by atoms with van der Waals surface area (Å²) in [5.74, 6) is -0.0643. The van der Waals surface area contributed by atoms with Gasteiger partial charge in [0.05, 0.1) is 7.11 Å². The first kappa shape index (κ1) is 21.7. The second-order valence-electron chi connectivity index (χ2n) is 6.71. The quantitative estimate of drug-likeness (QED) is 0.530. The maximum absolute atomic E-state index is 12.9. The van der Waals surface area contributed by atoms with E-state index in [1.165, 1.54) is 19.2 Å². The summed E-state index contributed by atoms with van der Waals surface area (Å²) in [6.45, 7) is 1.93. The van der Waals surface area contributed by atoms with Crippen LogP contribution in [0.2, 0.25) is 5.02 Å². The molecule has 0 saturated carbocycles. The van der Waals surface area contributed by atoms with Crippen molar-refractivity contribution in [2.75, 3.05) is 17.1 Å². The van der Waals surface area contributed by atoms with Gasteiger partial charge < -0.3 is 14.6 Å². The Hall–Kier alpha value is -2.97. The van der Waals surface area contributed by atoms with E-state index in [1.54, 1.807) is 30.3 Å². The van der Waals surface area contributed by atoms with Gasteiger partial charge in [0.25, 0.3) is 10.0 Å². The van der Waals surface area contributed by atoms with Crippen LogP contribution in [0.4, 0.5) is 11.4 Å². The molecule has 0 saturated heterocycles. The third kappa shape index (κ3) is 5.34. The molecule has 1 atom stereocenters. The van der Waals surface area contributed by atoms with Crippen LogP contribution in [0.1, 0.15) is 19.4 Å².